The van der Waals surface area contributed by atoms with Crippen LogP contribution in [0.2, 0.25) is 0 Å². The number of rotatable bonds is 4. The number of aromatic hydroxyl groups is 1. The molecule has 1 atom stereocenters. The molecule has 28 heavy (non-hydrogen) atoms. The van der Waals surface area contributed by atoms with E-state index in [0.29, 0.717) is 18.5 Å². The number of phenols is 1. The first-order chi connectivity index (χ1) is 13.4. The van der Waals surface area contributed by atoms with Gasteiger partial charge in [0.1, 0.15) is 11.5 Å². The van der Waals surface area contributed by atoms with E-state index in [1.165, 1.54) is 0 Å². The molecule has 0 fully saturated rings. The van der Waals surface area contributed by atoms with Gasteiger partial charge in [-0.2, -0.15) is 0 Å². The van der Waals surface area contributed by atoms with Gasteiger partial charge in [0.05, 0.1) is 23.4 Å². The number of hydrogen-bond donors (Lipinski definition) is 1. The van der Waals surface area contributed by atoms with Crippen molar-refractivity contribution < 1.29 is 9.90 Å². The first-order valence-electron chi connectivity index (χ1n) is 9.79. The van der Waals surface area contributed by atoms with Crippen LogP contribution in [0, 0.1) is 0 Å². The Morgan fingerprint density at radius 1 is 1.21 bits per heavy atom. The van der Waals surface area contributed by atoms with Crippen LogP contribution < -0.4 is 5.56 Å². The predicted molar refractivity (Wildman–Crippen MR) is 110 cm³/mol. The molecule has 0 radical (unpaired) electrons. The summed E-state index contributed by atoms with van der Waals surface area (Å²) in [7, 11) is 0. The fraction of sp³-hybridized carbons (Fsp3) is 0.348. The first-order valence-corrected chi connectivity index (χ1v) is 9.79. The second kappa shape index (κ2) is 6.59. The van der Waals surface area contributed by atoms with Gasteiger partial charge in [-0.1, -0.05) is 20.8 Å². The summed E-state index contributed by atoms with van der Waals surface area (Å²) in [4.78, 5) is 30.1. The first kappa shape index (κ1) is 18.4. The fourth-order valence-corrected chi connectivity index (χ4v) is 4.32. The minimum atomic E-state index is -0.319. The number of aromatic nitrogens is 2. The molecule has 4 rings (SSSR count). The van der Waals surface area contributed by atoms with Crippen molar-refractivity contribution in [2.75, 3.05) is 0 Å². The van der Waals surface area contributed by atoms with Gasteiger partial charge in [-0.05, 0) is 55.2 Å². The summed E-state index contributed by atoms with van der Waals surface area (Å²) >= 11 is 0. The summed E-state index contributed by atoms with van der Waals surface area (Å²) in [5.41, 5.74) is 6.02. The van der Waals surface area contributed by atoms with E-state index in [9.17, 15) is 14.7 Å². The summed E-state index contributed by atoms with van der Waals surface area (Å²) in [5.74, 6) is -0.0587. The van der Waals surface area contributed by atoms with Crippen LogP contribution >= 0.6 is 0 Å². The minimum Gasteiger partial charge on any atom is -0.508 e. The van der Waals surface area contributed by atoms with Crippen LogP contribution in [-0.2, 0) is 24.2 Å². The average molecular weight is 376 g/mol. The Labute approximate surface area is 163 Å². The maximum Gasteiger partial charge on any atom is 0.254 e. The highest BCUT2D eigenvalue weighted by Gasteiger charge is 2.29. The molecule has 0 amide bonds. The summed E-state index contributed by atoms with van der Waals surface area (Å²) < 4.78 is 1.78. The lowest BCUT2D eigenvalue weighted by Crippen LogP contribution is -2.26. The molecule has 3 aromatic rings. The standard InChI is InChI=1S/C23H24N2O3/c1-5-15-18-9-14(27)7-8-20(18)24-22-19(15)11-25-21(22)10-17(12(3)13(4)26)16(6-2)23(25)28/h7-10,12,27H,5-6,11H2,1-4H3/t12-/m1/s1. The van der Waals surface area contributed by atoms with E-state index in [1.807, 2.05) is 26.0 Å². The average Bonchev–Trinajstić information content (AvgIpc) is 3.04. The molecule has 1 aliphatic rings. The number of Topliss-reactive ketones (excluding diaryl/α,β-unsaturated/α-hetero) is 1. The zero-order valence-corrected chi connectivity index (χ0v) is 16.7. The van der Waals surface area contributed by atoms with Crippen molar-refractivity contribution in [3.63, 3.8) is 0 Å². The van der Waals surface area contributed by atoms with Crippen molar-refractivity contribution in [3.05, 3.63) is 56.9 Å². The molecule has 0 spiro atoms. The second-order valence-electron chi connectivity index (χ2n) is 7.51. The number of ketones is 1. The largest absolute Gasteiger partial charge is 0.508 e. The summed E-state index contributed by atoms with van der Waals surface area (Å²) in [6.07, 6.45) is 1.37. The molecule has 0 aliphatic carbocycles. The number of aryl methyl sites for hydroxylation is 1. The smallest absolute Gasteiger partial charge is 0.254 e. The Kier molecular flexibility index (Phi) is 4.33. The van der Waals surface area contributed by atoms with E-state index >= 15 is 0 Å². The monoisotopic (exact) mass is 376 g/mol. The summed E-state index contributed by atoms with van der Waals surface area (Å²) in [6, 6.07) is 7.17. The van der Waals surface area contributed by atoms with Gasteiger partial charge in [-0.25, -0.2) is 4.98 Å². The lowest BCUT2D eigenvalue weighted by Gasteiger charge is -2.16. The molecular weight excluding hydrogens is 352 g/mol. The predicted octanol–water partition coefficient (Wildman–Crippen LogP) is 3.95. The number of carbonyl (C=O) groups is 1. The van der Waals surface area contributed by atoms with Crippen molar-refractivity contribution in [3.8, 4) is 17.1 Å². The molecule has 2 aromatic heterocycles. The van der Waals surface area contributed by atoms with Gasteiger partial charge in [0.25, 0.3) is 5.56 Å². The minimum absolute atomic E-state index is 0.0324. The molecule has 0 saturated heterocycles. The molecule has 5 nitrogen and oxygen atoms in total. The highest BCUT2D eigenvalue weighted by Crippen LogP contribution is 2.38. The summed E-state index contributed by atoms with van der Waals surface area (Å²) in [5, 5.41) is 10.8. The number of hydrogen-bond acceptors (Lipinski definition) is 4. The van der Waals surface area contributed by atoms with Gasteiger partial charge in [0.15, 0.2) is 0 Å². The van der Waals surface area contributed by atoms with Gasteiger partial charge in [0, 0.05) is 22.4 Å². The van der Waals surface area contributed by atoms with Crippen LogP contribution in [0.5, 0.6) is 5.75 Å². The molecule has 0 unspecified atom stereocenters. The Morgan fingerprint density at radius 2 is 1.93 bits per heavy atom. The molecule has 3 heterocycles. The molecule has 1 aliphatic heterocycles. The Bertz CT molecular complexity index is 1190. The van der Waals surface area contributed by atoms with Gasteiger partial charge in [-0.3, -0.25) is 9.59 Å². The highest BCUT2D eigenvalue weighted by molar-refractivity contribution is 5.89. The van der Waals surface area contributed by atoms with Crippen molar-refractivity contribution in [2.45, 2.75) is 53.0 Å². The second-order valence-corrected chi connectivity index (χ2v) is 7.51. The number of pyridine rings is 2. The van der Waals surface area contributed by atoms with E-state index in [2.05, 4.69) is 6.92 Å². The van der Waals surface area contributed by atoms with Crippen LogP contribution in [-0.4, -0.2) is 20.4 Å². The third-order valence-electron chi connectivity index (χ3n) is 5.96. The number of fused-ring (bicyclic) bond motifs is 4. The fourth-order valence-electron chi connectivity index (χ4n) is 4.32. The van der Waals surface area contributed by atoms with E-state index in [0.717, 1.165) is 45.4 Å². The topological polar surface area (TPSA) is 72.2 Å². The molecule has 144 valence electrons. The number of nitrogens with zero attached hydrogens (tertiary/aromatic N) is 2. The van der Waals surface area contributed by atoms with Crippen molar-refractivity contribution in [1.29, 1.82) is 0 Å². The molecular formula is C23H24N2O3. The van der Waals surface area contributed by atoms with Crippen LogP contribution in [0.15, 0.2) is 29.1 Å². The van der Waals surface area contributed by atoms with Gasteiger partial charge < -0.3 is 9.67 Å². The third-order valence-corrected chi connectivity index (χ3v) is 5.96. The number of phenolic OH excluding ortho intramolecular Hbond substituents is 1. The molecule has 1 N–H and O–H groups in total. The lowest BCUT2D eigenvalue weighted by molar-refractivity contribution is -0.118. The van der Waals surface area contributed by atoms with Gasteiger partial charge in [-0.15, -0.1) is 0 Å². The maximum absolute atomic E-state index is 13.2. The number of carbonyl (C=O) groups excluding carboxylic acids is 1. The zero-order chi connectivity index (χ0) is 20.2. The van der Waals surface area contributed by atoms with Crippen molar-refractivity contribution >= 4 is 16.7 Å². The lowest BCUT2D eigenvalue weighted by atomic mass is 9.91. The maximum atomic E-state index is 13.2. The van der Waals surface area contributed by atoms with Crippen LogP contribution in [0.25, 0.3) is 22.3 Å². The normalized spacial score (nSPS) is 13.4. The van der Waals surface area contributed by atoms with E-state index in [-0.39, 0.29) is 23.0 Å². The SMILES string of the molecule is CCc1c([C@H](C)C(C)=O)cc2n(c1=O)Cc1c-2nc2ccc(O)cc2c1CC. The van der Waals surface area contributed by atoms with Crippen LogP contribution in [0.4, 0.5) is 0 Å². The van der Waals surface area contributed by atoms with Crippen molar-refractivity contribution in [2.24, 2.45) is 0 Å². The van der Waals surface area contributed by atoms with E-state index < -0.39 is 0 Å². The number of benzene rings is 1. The van der Waals surface area contributed by atoms with E-state index in [1.54, 1.807) is 23.6 Å². The van der Waals surface area contributed by atoms with Crippen molar-refractivity contribution in [1.82, 2.24) is 9.55 Å². The molecule has 0 bridgehead atoms. The van der Waals surface area contributed by atoms with Crippen LogP contribution in [0.3, 0.4) is 0 Å². The molecule has 1 aromatic carbocycles. The summed E-state index contributed by atoms with van der Waals surface area (Å²) in [6.45, 7) is 7.93. The Balaban J connectivity index is 2.05. The van der Waals surface area contributed by atoms with E-state index in [4.69, 9.17) is 4.98 Å². The third kappa shape index (κ3) is 2.57. The quantitative estimate of drug-likeness (QED) is 0.585. The Morgan fingerprint density at radius 3 is 2.57 bits per heavy atom. The molecule has 0 saturated carbocycles. The zero-order valence-electron chi connectivity index (χ0n) is 16.7. The van der Waals surface area contributed by atoms with Gasteiger partial charge in [0.2, 0.25) is 0 Å². The Hall–Kier alpha value is -2.95. The van der Waals surface area contributed by atoms with Crippen LogP contribution in [0.1, 0.15) is 55.9 Å². The highest BCUT2D eigenvalue weighted by atomic mass is 16.3. The van der Waals surface area contributed by atoms with Gasteiger partial charge >= 0.3 is 0 Å². The molecule has 5 heteroatoms.